The molecule has 0 radical (unpaired) electrons. The van der Waals surface area contributed by atoms with Gasteiger partial charge < -0.3 is 9.73 Å². The van der Waals surface area contributed by atoms with E-state index in [0.29, 0.717) is 28.0 Å². The van der Waals surface area contributed by atoms with Crippen molar-refractivity contribution < 1.29 is 9.21 Å². The van der Waals surface area contributed by atoms with Crippen LogP contribution in [0.5, 0.6) is 0 Å². The summed E-state index contributed by atoms with van der Waals surface area (Å²) in [6, 6.07) is 22.0. The van der Waals surface area contributed by atoms with Crippen LogP contribution in [0.25, 0.3) is 22.1 Å². The molecule has 0 atom stereocenters. The van der Waals surface area contributed by atoms with E-state index in [2.05, 4.69) is 33.2 Å². The van der Waals surface area contributed by atoms with Gasteiger partial charge in [0.15, 0.2) is 5.11 Å². The number of rotatable bonds is 3. The summed E-state index contributed by atoms with van der Waals surface area (Å²) in [4.78, 5) is 25.0. The molecule has 3 aromatic carbocycles. The highest BCUT2D eigenvalue weighted by Gasteiger charge is 2.13. The molecule has 154 valence electrons. The van der Waals surface area contributed by atoms with Gasteiger partial charge in [-0.1, -0.05) is 42.5 Å². The lowest BCUT2D eigenvalue weighted by molar-refractivity contribution is 0.0977. The fraction of sp³-hybridized carbons (Fsp3) is 0.0417. The molecule has 1 heterocycles. The van der Waals surface area contributed by atoms with E-state index in [1.54, 1.807) is 18.2 Å². The summed E-state index contributed by atoms with van der Waals surface area (Å²) in [5.41, 5.74) is 3.43. The van der Waals surface area contributed by atoms with Crippen molar-refractivity contribution in [3.8, 4) is 11.1 Å². The molecule has 31 heavy (non-hydrogen) atoms. The Labute approximate surface area is 197 Å². The summed E-state index contributed by atoms with van der Waals surface area (Å²) in [6.07, 6.45) is 0. The zero-order valence-electron chi connectivity index (χ0n) is 16.4. The SMILES string of the molecule is Cc1ccc(-c2cc3ccccc3oc2=O)cc1NC(=S)NC(=O)c1ccccc1I. The standard InChI is InChI=1S/C24H17IN2O3S/c1-14-10-11-15(18-12-16-6-2-5-9-21(16)30-23(18)29)13-20(14)26-24(31)27-22(28)17-7-3-4-8-19(17)25/h2-13H,1H3,(H2,26,27,28,31). The molecule has 0 aliphatic carbocycles. The number of hydrogen-bond acceptors (Lipinski definition) is 4. The number of amides is 1. The third-order valence-corrected chi connectivity index (χ3v) is 5.93. The molecule has 0 aliphatic heterocycles. The predicted molar refractivity (Wildman–Crippen MR) is 136 cm³/mol. The molecule has 2 N–H and O–H groups in total. The number of nitrogens with one attached hydrogen (secondary N) is 2. The zero-order chi connectivity index (χ0) is 22.0. The number of hydrogen-bond donors (Lipinski definition) is 2. The first-order chi connectivity index (χ1) is 14.9. The molecular weight excluding hydrogens is 523 g/mol. The van der Waals surface area contributed by atoms with Gasteiger partial charge in [-0.05, 0) is 83.2 Å². The molecule has 1 amide bonds. The number of para-hydroxylation sites is 1. The van der Waals surface area contributed by atoms with Crippen molar-refractivity contribution in [1.29, 1.82) is 0 Å². The van der Waals surface area contributed by atoms with E-state index < -0.39 is 5.63 Å². The topological polar surface area (TPSA) is 71.3 Å². The van der Waals surface area contributed by atoms with Gasteiger partial charge in [0, 0.05) is 14.6 Å². The summed E-state index contributed by atoms with van der Waals surface area (Å²) >= 11 is 7.45. The summed E-state index contributed by atoms with van der Waals surface area (Å²) in [5, 5.41) is 6.78. The Morgan fingerprint density at radius 2 is 1.74 bits per heavy atom. The largest absolute Gasteiger partial charge is 0.422 e. The van der Waals surface area contributed by atoms with Crippen LogP contribution >= 0.6 is 34.8 Å². The van der Waals surface area contributed by atoms with Crippen LogP contribution < -0.4 is 16.3 Å². The second kappa shape index (κ2) is 8.99. The third-order valence-electron chi connectivity index (χ3n) is 4.78. The molecule has 0 saturated carbocycles. The van der Waals surface area contributed by atoms with Crippen LogP contribution in [-0.4, -0.2) is 11.0 Å². The number of thiocarbonyl (C=S) groups is 1. The van der Waals surface area contributed by atoms with Gasteiger partial charge in [0.2, 0.25) is 0 Å². The van der Waals surface area contributed by atoms with E-state index in [4.69, 9.17) is 16.6 Å². The molecule has 4 aromatic rings. The minimum Gasteiger partial charge on any atom is -0.422 e. The average Bonchev–Trinajstić information content (AvgIpc) is 2.75. The van der Waals surface area contributed by atoms with Crippen LogP contribution in [0.15, 0.2) is 82.0 Å². The number of carbonyl (C=O) groups is 1. The Morgan fingerprint density at radius 3 is 2.55 bits per heavy atom. The Hall–Kier alpha value is -3.04. The lowest BCUT2D eigenvalue weighted by atomic mass is 10.0. The fourth-order valence-corrected chi connectivity index (χ4v) is 3.99. The summed E-state index contributed by atoms with van der Waals surface area (Å²) in [5.74, 6) is -0.286. The quantitative estimate of drug-likeness (QED) is 0.204. The van der Waals surface area contributed by atoms with Gasteiger partial charge in [-0.3, -0.25) is 10.1 Å². The number of halogens is 1. The van der Waals surface area contributed by atoms with Gasteiger partial charge >= 0.3 is 5.63 Å². The van der Waals surface area contributed by atoms with Crippen LogP contribution in [0.2, 0.25) is 0 Å². The maximum absolute atomic E-state index is 12.5. The van der Waals surface area contributed by atoms with Gasteiger partial charge in [0.1, 0.15) is 5.58 Å². The first-order valence-corrected chi connectivity index (χ1v) is 10.9. The normalized spacial score (nSPS) is 10.6. The van der Waals surface area contributed by atoms with Gasteiger partial charge in [0.05, 0.1) is 11.1 Å². The summed E-state index contributed by atoms with van der Waals surface area (Å²) in [7, 11) is 0. The van der Waals surface area contributed by atoms with Crippen molar-refractivity contribution in [3.05, 3.63) is 97.9 Å². The molecule has 1 aromatic heterocycles. The molecule has 0 bridgehead atoms. The van der Waals surface area contributed by atoms with Gasteiger partial charge in [-0.15, -0.1) is 0 Å². The van der Waals surface area contributed by atoms with Crippen LogP contribution in [0, 0.1) is 10.5 Å². The number of anilines is 1. The smallest absolute Gasteiger partial charge is 0.344 e. The first kappa shape index (κ1) is 21.2. The van der Waals surface area contributed by atoms with Crippen molar-refractivity contribution in [2.75, 3.05) is 5.32 Å². The molecule has 0 aliphatic rings. The molecule has 7 heteroatoms. The van der Waals surface area contributed by atoms with Crippen molar-refractivity contribution in [1.82, 2.24) is 5.32 Å². The number of carbonyl (C=O) groups excluding carboxylic acids is 1. The zero-order valence-corrected chi connectivity index (χ0v) is 19.4. The summed E-state index contributed by atoms with van der Waals surface area (Å²) < 4.78 is 6.29. The predicted octanol–water partition coefficient (Wildman–Crippen LogP) is 5.50. The number of aryl methyl sites for hydroxylation is 1. The molecule has 4 rings (SSSR count). The second-order valence-corrected chi connectivity index (χ2v) is 8.47. The van der Waals surface area contributed by atoms with Gasteiger partial charge in [-0.25, -0.2) is 4.79 Å². The third kappa shape index (κ3) is 4.67. The van der Waals surface area contributed by atoms with Crippen LogP contribution in [0.3, 0.4) is 0 Å². The maximum Gasteiger partial charge on any atom is 0.344 e. The molecule has 0 spiro atoms. The molecule has 0 unspecified atom stereocenters. The lowest BCUT2D eigenvalue weighted by Gasteiger charge is -2.14. The minimum atomic E-state index is -0.414. The van der Waals surface area contributed by atoms with E-state index in [1.165, 1.54) is 0 Å². The molecular formula is C24H17IN2O3S. The van der Waals surface area contributed by atoms with E-state index in [0.717, 1.165) is 14.5 Å². The van der Waals surface area contributed by atoms with Crippen molar-refractivity contribution in [2.24, 2.45) is 0 Å². The van der Waals surface area contributed by atoms with Crippen LogP contribution in [0.1, 0.15) is 15.9 Å². The van der Waals surface area contributed by atoms with E-state index in [1.807, 2.05) is 61.5 Å². The number of benzene rings is 3. The Bertz CT molecular complexity index is 1380. The van der Waals surface area contributed by atoms with Crippen molar-refractivity contribution >= 4 is 62.5 Å². The molecule has 0 fully saturated rings. The van der Waals surface area contributed by atoms with Crippen molar-refractivity contribution in [2.45, 2.75) is 6.92 Å². The molecule has 5 nitrogen and oxygen atoms in total. The maximum atomic E-state index is 12.5. The van der Waals surface area contributed by atoms with E-state index in [-0.39, 0.29) is 11.0 Å². The Morgan fingerprint density at radius 1 is 1.00 bits per heavy atom. The lowest BCUT2D eigenvalue weighted by Crippen LogP contribution is -2.34. The minimum absolute atomic E-state index is 0.176. The highest BCUT2D eigenvalue weighted by Crippen LogP contribution is 2.26. The van der Waals surface area contributed by atoms with E-state index >= 15 is 0 Å². The Kier molecular flexibility index (Phi) is 6.15. The van der Waals surface area contributed by atoms with Crippen molar-refractivity contribution in [3.63, 3.8) is 0 Å². The van der Waals surface area contributed by atoms with E-state index in [9.17, 15) is 9.59 Å². The average molecular weight is 540 g/mol. The number of fused-ring (bicyclic) bond motifs is 1. The highest BCUT2D eigenvalue weighted by atomic mass is 127. The Balaban J connectivity index is 1.59. The van der Waals surface area contributed by atoms with Crippen LogP contribution in [-0.2, 0) is 0 Å². The van der Waals surface area contributed by atoms with Gasteiger partial charge in [0.25, 0.3) is 5.91 Å². The second-order valence-electron chi connectivity index (χ2n) is 6.90. The monoisotopic (exact) mass is 540 g/mol. The highest BCUT2D eigenvalue weighted by molar-refractivity contribution is 14.1. The molecule has 0 saturated heterocycles. The van der Waals surface area contributed by atoms with Gasteiger partial charge in [-0.2, -0.15) is 0 Å². The fourth-order valence-electron chi connectivity index (χ4n) is 3.16. The first-order valence-electron chi connectivity index (χ1n) is 9.43. The van der Waals surface area contributed by atoms with Crippen LogP contribution in [0.4, 0.5) is 5.69 Å². The summed E-state index contributed by atoms with van der Waals surface area (Å²) in [6.45, 7) is 1.92.